The molecule has 1 aliphatic heterocycles. The van der Waals surface area contributed by atoms with Gasteiger partial charge in [0, 0.05) is 16.6 Å². The van der Waals surface area contributed by atoms with Crippen LogP contribution >= 0.6 is 15.9 Å². The number of rotatable bonds is 2. The van der Waals surface area contributed by atoms with E-state index in [0.717, 1.165) is 35.2 Å². The SMILES string of the molecule is Cc1ccc(F)c(CN2CCC2)c1Br. The average molecular weight is 258 g/mol. The third-order valence-corrected chi connectivity index (χ3v) is 3.81. The van der Waals surface area contributed by atoms with Gasteiger partial charge in [-0.2, -0.15) is 0 Å². The van der Waals surface area contributed by atoms with E-state index >= 15 is 0 Å². The second-order valence-corrected chi connectivity index (χ2v) is 4.58. The molecule has 0 atom stereocenters. The van der Waals surface area contributed by atoms with Crippen molar-refractivity contribution >= 4 is 15.9 Å². The molecule has 1 aromatic carbocycles. The van der Waals surface area contributed by atoms with Crippen LogP contribution in [0.5, 0.6) is 0 Å². The van der Waals surface area contributed by atoms with Gasteiger partial charge in [-0.3, -0.25) is 4.90 Å². The minimum Gasteiger partial charge on any atom is -0.299 e. The largest absolute Gasteiger partial charge is 0.299 e. The predicted molar refractivity (Wildman–Crippen MR) is 58.7 cm³/mol. The Morgan fingerprint density at radius 3 is 2.71 bits per heavy atom. The molecule has 0 aliphatic carbocycles. The molecule has 0 spiro atoms. The van der Waals surface area contributed by atoms with Crippen molar-refractivity contribution < 1.29 is 4.39 Å². The van der Waals surface area contributed by atoms with Crippen molar-refractivity contribution in [2.24, 2.45) is 0 Å². The summed E-state index contributed by atoms with van der Waals surface area (Å²) in [5.41, 5.74) is 1.90. The summed E-state index contributed by atoms with van der Waals surface area (Å²) in [6.45, 7) is 4.91. The number of hydrogen-bond donors (Lipinski definition) is 0. The van der Waals surface area contributed by atoms with E-state index < -0.39 is 0 Å². The van der Waals surface area contributed by atoms with Crippen molar-refractivity contribution in [3.63, 3.8) is 0 Å². The third kappa shape index (κ3) is 1.84. The maximum Gasteiger partial charge on any atom is 0.128 e. The van der Waals surface area contributed by atoms with Crippen LogP contribution in [0.3, 0.4) is 0 Å². The highest BCUT2D eigenvalue weighted by molar-refractivity contribution is 9.10. The fourth-order valence-corrected chi connectivity index (χ4v) is 2.07. The summed E-state index contributed by atoms with van der Waals surface area (Å²) < 4.78 is 14.4. The Morgan fingerprint density at radius 1 is 1.43 bits per heavy atom. The van der Waals surface area contributed by atoms with E-state index in [2.05, 4.69) is 20.8 Å². The van der Waals surface area contributed by atoms with E-state index in [1.54, 1.807) is 12.1 Å². The lowest BCUT2D eigenvalue weighted by Gasteiger charge is -2.31. The third-order valence-electron chi connectivity index (χ3n) is 2.71. The lowest BCUT2D eigenvalue weighted by molar-refractivity contribution is 0.170. The van der Waals surface area contributed by atoms with E-state index in [9.17, 15) is 4.39 Å². The van der Waals surface area contributed by atoms with Gasteiger partial charge in [-0.1, -0.05) is 22.0 Å². The highest BCUT2D eigenvalue weighted by Gasteiger charge is 2.18. The zero-order valence-electron chi connectivity index (χ0n) is 8.19. The van der Waals surface area contributed by atoms with Gasteiger partial charge in [0.15, 0.2) is 0 Å². The normalized spacial score (nSPS) is 16.8. The molecule has 0 aromatic heterocycles. The van der Waals surface area contributed by atoms with Gasteiger partial charge >= 0.3 is 0 Å². The highest BCUT2D eigenvalue weighted by Crippen LogP contribution is 2.26. The van der Waals surface area contributed by atoms with Crippen molar-refractivity contribution in [3.05, 3.63) is 33.5 Å². The Kier molecular flexibility index (Phi) is 2.88. The molecule has 0 N–H and O–H groups in total. The Labute approximate surface area is 92.0 Å². The summed E-state index contributed by atoms with van der Waals surface area (Å²) >= 11 is 3.45. The molecule has 76 valence electrons. The first-order chi connectivity index (χ1) is 6.68. The molecule has 0 saturated carbocycles. The van der Waals surface area contributed by atoms with Crippen molar-refractivity contribution in [3.8, 4) is 0 Å². The molecule has 0 radical (unpaired) electrons. The van der Waals surface area contributed by atoms with Gasteiger partial charge < -0.3 is 0 Å². The Bertz CT molecular complexity index is 347. The summed E-state index contributed by atoms with van der Waals surface area (Å²) in [6.07, 6.45) is 1.24. The summed E-state index contributed by atoms with van der Waals surface area (Å²) in [7, 11) is 0. The van der Waals surface area contributed by atoms with E-state index in [-0.39, 0.29) is 5.82 Å². The minimum absolute atomic E-state index is 0.102. The maximum atomic E-state index is 13.5. The van der Waals surface area contributed by atoms with Crippen LogP contribution in [0.2, 0.25) is 0 Å². The monoisotopic (exact) mass is 257 g/mol. The first-order valence-corrected chi connectivity index (χ1v) is 5.63. The molecular weight excluding hydrogens is 245 g/mol. The van der Waals surface area contributed by atoms with Gasteiger partial charge in [-0.25, -0.2) is 4.39 Å². The molecule has 1 aliphatic rings. The average Bonchev–Trinajstić information content (AvgIpc) is 2.09. The zero-order valence-corrected chi connectivity index (χ0v) is 9.77. The summed E-state index contributed by atoms with van der Waals surface area (Å²) in [6, 6.07) is 3.36. The molecule has 1 saturated heterocycles. The number of aryl methyl sites for hydroxylation is 1. The van der Waals surface area contributed by atoms with E-state index in [1.165, 1.54) is 6.42 Å². The minimum atomic E-state index is -0.102. The molecule has 0 unspecified atom stereocenters. The smallest absolute Gasteiger partial charge is 0.128 e. The molecule has 1 nitrogen and oxygen atoms in total. The molecular formula is C11H13BrFN. The molecule has 2 rings (SSSR count). The van der Waals surface area contributed by atoms with E-state index in [1.807, 2.05) is 6.92 Å². The lowest BCUT2D eigenvalue weighted by atomic mass is 10.1. The van der Waals surface area contributed by atoms with Gasteiger partial charge in [0.1, 0.15) is 5.82 Å². The zero-order chi connectivity index (χ0) is 10.1. The highest BCUT2D eigenvalue weighted by atomic mass is 79.9. The summed E-state index contributed by atoms with van der Waals surface area (Å²) in [4.78, 5) is 2.25. The van der Waals surface area contributed by atoms with Gasteiger partial charge in [0.2, 0.25) is 0 Å². The fraction of sp³-hybridized carbons (Fsp3) is 0.455. The summed E-state index contributed by atoms with van der Waals surface area (Å²) in [5, 5.41) is 0. The van der Waals surface area contributed by atoms with Crippen LogP contribution in [0.4, 0.5) is 4.39 Å². The fourth-order valence-electron chi connectivity index (χ4n) is 1.62. The molecule has 0 bridgehead atoms. The maximum absolute atomic E-state index is 13.5. The van der Waals surface area contributed by atoms with Gasteiger partial charge in [0.25, 0.3) is 0 Å². The summed E-state index contributed by atoms with van der Waals surface area (Å²) in [5.74, 6) is -0.102. The lowest BCUT2D eigenvalue weighted by Crippen LogP contribution is -2.36. The van der Waals surface area contributed by atoms with E-state index in [4.69, 9.17) is 0 Å². The molecule has 3 heteroatoms. The van der Waals surface area contributed by atoms with Crippen molar-refractivity contribution in [2.45, 2.75) is 19.9 Å². The standard InChI is InChI=1S/C11H13BrFN/c1-8-3-4-10(13)9(11(8)12)7-14-5-2-6-14/h3-4H,2,5-7H2,1H3. The van der Waals surface area contributed by atoms with Crippen LogP contribution in [0.1, 0.15) is 17.5 Å². The molecule has 1 heterocycles. The van der Waals surface area contributed by atoms with E-state index in [0.29, 0.717) is 0 Å². The topological polar surface area (TPSA) is 3.24 Å². The first kappa shape index (κ1) is 10.1. The number of nitrogens with zero attached hydrogens (tertiary/aromatic N) is 1. The van der Waals surface area contributed by atoms with Gasteiger partial charge in [-0.15, -0.1) is 0 Å². The van der Waals surface area contributed by atoms with Crippen LogP contribution in [-0.2, 0) is 6.54 Å². The first-order valence-electron chi connectivity index (χ1n) is 4.84. The van der Waals surface area contributed by atoms with Gasteiger partial charge in [-0.05, 0) is 38.1 Å². The van der Waals surface area contributed by atoms with Crippen molar-refractivity contribution in [2.75, 3.05) is 13.1 Å². The van der Waals surface area contributed by atoms with Gasteiger partial charge in [0.05, 0.1) is 0 Å². The van der Waals surface area contributed by atoms with Crippen LogP contribution in [0.25, 0.3) is 0 Å². The number of hydrogen-bond acceptors (Lipinski definition) is 1. The second-order valence-electron chi connectivity index (χ2n) is 3.79. The Hall–Kier alpha value is -0.410. The van der Waals surface area contributed by atoms with Crippen molar-refractivity contribution in [1.82, 2.24) is 4.90 Å². The Morgan fingerprint density at radius 2 is 2.14 bits per heavy atom. The Balaban J connectivity index is 2.25. The molecule has 14 heavy (non-hydrogen) atoms. The van der Waals surface area contributed by atoms with Crippen molar-refractivity contribution in [1.29, 1.82) is 0 Å². The van der Waals surface area contributed by atoms with Crippen LogP contribution in [0.15, 0.2) is 16.6 Å². The number of halogens is 2. The number of benzene rings is 1. The second kappa shape index (κ2) is 3.99. The number of likely N-dealkylation sites (tertiary alicyclic amines) is 1. The molecule has 0 amide bonds. The quantitative estimate of drug-likeness (QED) is 0.787. The predicted octanol–water partition coefficient (Wildman–Crippen LogP) is 3.10. The van der Waals surface area contributed by atoms with Crippen LogP contribution in [0, 0.1) is 12.7 Å². The molecule has 1 fully saturated rings. The molecule has 1 aromatic rings. The van der Waals surface area contributed by atoms with Crippen LogP contribution < -0.4 is 0 Å². The van der Waals surface area contributed by atoms with Crippen LogP contribution in [-0.4, -0.2) is 18.0 Å².